The van der Waals surface area contributed by atoms with E-state index in [1.165, 1.54) is 12.1 Å². The SMILES string of the molecule is C[C@H]1CCC[C@H](C)N1C(=O)COc1cc(N2CCCC2=O)ccc1[N+](=O)[O-]. The molecule has 2 atom stereocenters. The largest absolute Gasteiger partial charge is 0.477 e. The number of rotatable bonds is 5. The van der Waals surface area contributed by atoms with Gasteiger partial charge in [-0.3, -0.25) is 19.7 Å². The van der Waals surface area contributed by atoms with Crippen LogP contribution < -0.4 is 9.64 Å². The van der Waals surface area contributed by atoms with Gasteiger partial charge in [-0.05, 0) is 45.6 Å². The molecule has 1 aromatic carbocycles. The lowest BCUT2D eigenvalue weighted by molar-refractivity contribution is -0.385. The molecule has 1 aromatic rings. The zero-order chi connectivity index (χ0) is 19.6. The van der Waals surface area contributed by atoms with E-state index in [1.54, 1.807) is 11.0 Å². The summed E-state index contributed by atoms with van der Waals surface area (Å²) in [7, 11) is 0. The number of hydrogen-bond acceptors (Lipinski definition) is 5. The Morgan fingerprint density at radius 3 is 2.56 bits per heavy atom. The lowest BCUT2D eigenvalue weighted by Crippen LogP contribution is -2.49. The smallest absolute Gasteiger partial charge is 0.311 e. The predicted octanol–water partition coefficient (Wildman–Crippen LogP) is 2.89. The van der Waals surface area contributed by atoms with Crippen molar-refractivity contribution in [1.29, 1.82) is 0 Å². The molecule has 2 heterocycles. The van der Waals surface area contributed by atoms with E-state index in [1.807, 2.05) is 18.7 Å². The monoisotopic (exact) mass is 375 g/mol. The highest BCUT2D eigenvalue weighted by Gasteiger charge is 2.30. The third-order valence-electron chi connectivity index (χ3n) is 5.36. The lowest BCUT2D eigenvalue weighted by atomic mass is 9.97. The van der Waals surface area contributed by atoms with Crippen LogP contribution in [0.2, 0.25) is 0 Å². The minimum absolute atomic E-state index is 0.0122. The highest BCUT2D eigenvalue weighted by molar-refractivity contribution is 5.95. The van der Waals surface area contributed by atoms with Gasteiger partial charge in [0.1, 0.15) is 0 Å². The molecule has 2 saturated heterocycles. The van der Waals surface area contributed by atoms with Gasteiger partial charge in [0.05, 0.1) is 4.92 Å². The molecule has 3 rings (SSSR count). The van der Waals surface area contributed by atoms with Crippen molar-refractivity contribution in [3.05, 3.63) is 28.3 Å². The van der Waals surface area contributed by atoms with E-state index < -0.39 is 4.92 Å². The molecule has 0 radical (unpaired) electrons. The van der Waals surface area contributed by atoms with Crippen LogP contribution in [0, 0.1) is 10.1 Å². The summed E-state index contributed by atoms with van der Waals surface area (Å²) in [6, 6.07) is 4.62. The summed E-state index contributed by atoms with van der Waals surface area (Å²) in [6.07, 6.45) is 4.21. The molecular weight excluding hydrogens is 350 g/mol. The first kappa shape index (κ1) is 19.1. The number of nitrogens with zero attached hydrogens (tertiary/aromatic N) is 3. The van der Waals surface area contributed by atoms with Gasteiger partial charge in [0.2, 0.25) is 5.91 Å². The van der Waals surface area contributed by atoms with Gasteiger partial charge in [-0.2, -0.15) is 0 Å². The number of piperidine rings is 1. The van der Waals surface area contributed by atoms with Crippen LogP contribution in [0.5, 0.6) is 5.75 Å². The Hall–Kier alpha value is -2.64. The van der Waals surface area contributed by atoms with Crippen LogP contribution in [0.4, 0.5) is 11.4 Å². The molecule has 8 heteroatoms. The van der Waals surface area contributed by atoms with Crippen molar-refractivity contribution in [2.75, 3.05) is 18.1 Å². The van der Waals surface area contributed by atoms with Gasteiger partial charge in [-0.15, -0.1) is 0 Å². The molecule has 0 bridgehead atoms. The van der Waals surface area contributed by atoms with Gasteiger partial charge in [-0.1, -0.05) is 0 Å². The van der Waals surface area contributed by atoms with Crippen LogP contribution in [0.15, 0.2) is 18.2 Å². The van der Waals surface area contributed by atoms with Crippen LogP contribution in [-0.4, -0.2) is 46.9 Å². The maximum Gasteiger partial charge on any atom is 0.311 e. The molecule has 2 aliphatic rings. The van der Waals surface area contributed by atoms with Crippen molar-refractivity contribution in [3.8, 4) is 5.75 Å². The summed E-state index contributed by atoms with van der Waals surface area (Å²) in [5.74, 6) is -0.170. The van der Waals surface area contributed by atoms with Crippen molar-refractivity contribution in [3.63, 3.8) is 0 Å². The molecule has 2 amide bonds. The van der Waals surface area contributed by atoms with Gasteiger partial charge in [0.15, 0.2) is 12.4 Å². The van der Waals surface area contributed by atoms with E-state index in [-0.39, 0.29) is 41.9 Å². The zero-order valence-electron chi connectivity index (χ0n) is 15.7. The molecular formula is C19H25N3O5. The van der Waals surface area contributed by atoms with Gasteiger partial charge in [0.25, 0.3) is 5.91 Å². The predicted molar refractivity (Wildman–Crippen MR) is 99.8 cm³/mol. The van der Waals surface area contributed by atoms with Gasteiger partial charge < -0.3 is 14.5 Å². The Morgan fingerprint density at radius 1 is 1.26 bits per heavy atom. The summed E-state index contributed by atoms with van der Waals surface area (Å²) in [5.41, 5.74) is 0.350. The number of carbonyl (C=O) groups is 2. The number of likely N-dealkylation sites (tertiary alicyclic amines) is 1. The standard InChI is InChI=1S/C19H25N3O5/c1-13-5-3-6-14(2)21(13)19(24)12-27-17-11-15(8-9-16(17)22(25)26)20-10-4-7-18(20)23/h8-9,11,13-14H,3-7,10,12H2,1-2H3/t13-,14-/m0/s1. The Bertz CT molecular complexity index is 741. The number of carbonyl (C=O) groups excluding carboxylic acids is 2. The minimum atomic E-state index is -0.540. The minimum Gasteiger partial charge on any atom is -0.477 e. The highest BCUT2D eigenvalue weighted by atomic mass is 16.6. The maximum atomic E-state index is 12.6. The number of nitro groups is 1. The molecule has 0 unspecified atom stereocenters. The molecule has 146 valence electrons. The molecule has 0 saturated carbocycles. The Morgan fingerprint density at radius 2 is 1.96 bits per heavy atom. The molecule has 0 N–H and O–H groups in total. The fourth-order valence-electron chi connectivity index (χ4n) is 3.99. The Kier molecular flexibility index (Phi) is 5.62. The average Bonchev–Trinajstić information content (AvgIpc) is 3.05. The average molecular weight is 375 g/mol. The van der Waals surface area contributed by atoms with Gasteiger partial charge in [0, 0.05) is 42.9 Å². The molecule has 2 aliphatic heterocycles. The first-order valence-corrected chi connectivity index (χ1v) is 9.41. The first-order valence-electron chi connectivity index (χ1n) is 9.41. The van der Waals surface area contributed by atoms with Crippen molar-refractivity contribution >= 4 is 23.2 Å². The Labute approximate surface area is 158 Å². The summed E-state index contributed by atoms with van der Waals surface area (Å²) in [6.45, 7) is 4.34. The van der Waals surface area contributed by atoms with Crippen molar-refractivity contribution in [1.82, 2.24) is 4.90 Å². The molecule has 27 heavy (non-hydrogen) atoms. The lowest BCUT2D eigenvalue weighted by Gasteiger charge is -2.38. The second-order valence-corrected chi connectivity index (χ2v) is 7.28. The summed E-state index contributed by atoms with van der Waals surface area (Å²) in [4.78, 5) is 38.8. The molecule has 2 fully saturated rings. The topological polar surface area (TPSA) is 93.0 Å². The van der Waals surface area contributed by atoms with E-state index in [9.17, 15) is 19.7 Å². The summed E-state index contributed by atoms with van der Waals surface area (Å²) >= 11 is 0. The number of nitro benzene ring substituents is 1. The van der Waals surface area contributed by atoms with Crippen molar-refractivity contribution < 1.29 is 19.2 Å². The van der Waals surface area contributed by atoms with E-state index in [4.69, 9.17) is 4.74 Å². The molecule has 0 aromatic heterocycles. The fourth-order valence-corrected chi connectivity index (χ4v) is 3.99. The zero-order valence-corrected chi connectivity index (χ0v) is 15.7. The summed E-state index contributed by atoms with van der Waals surface area (Å²) in [5, 5.41) is 11.3. The van der Waals surface area contributed by atoms with Crippen LogP contribution in [0.1, 0.15) is 46.0 Å². The number of hydrogen-bond donors (Lipinski definition) is 0. The van der Waals surface area contributed by atoms with Gasteiger partial charge in [-0.25, -0.2) is 0 Å². The van der Waals surface area contributed by atoms with Crippen LogP contribution in [0.25, 0.3) is 0 Å². The fraction of sp³-hybridized carbons (Fsp3) is 0.579. The van der Waals surface area contributed by atoms with E-state index in [2.05, 4.69) is 0 Å². The van der Waals surface area contributed by atoms with Crippen LogP contribution in [0.3, 0.4) is 0 Å². The van der Waals surface area contributed by atoms with Crippen molar-refractivity contribution in [2.24, 2.45) is 0 Å². The maximum absolute atomic E-state index is 12.6. The third-order valence-corrected chi connectivity index (χ3v) is 5.36. The van der Waals surface area contributed by atoms with Crippen LogP contribution in [-0.2, 0) is 9.59 Å². The van der Waals surface area contributed by atoms with E-state index in [0.29, 0.717) is 18.7 Å². The quantitative estimate of drug-likeness (QED) is 0.583. The first-order chi connectivity index (χ1) is 12.9. The van der Waals surface area contributed by atoms with Crippen molar-refractivity contribution in [2.45, 2.75) is 58.0 Å². The second kappa shape index (κ2) is 7.94. The molecule has 0 spiro atoms. The van der Waals surface area contributed by atoms with E-state index in [0.717, 1.165) is 25.7 Å². The normalized spacial score (nSPS) is 22.8. The Balaban J connectivity index is 1.77. The number of anilines is 1. The third kappa shape index (κ3) is 4.04. The molecule has 0 aliphatic carbocycles. The second-order valence-electron chi connectivity index (χ2n) is 7.28. The number of ether oxygens (including phenoxy) is 1. The number of benzene rings is 1. The molecule has 8 nitrogen and oxygen atoms in total. The van der Waals surface area contributed by atoms with E-state index >= 15 is 0 Å². The van der Waals surface area contributed by atoms with Crippen LogP contribution >= 0.6 is 0 Å². The highest BCUT2D eigenvalue weighted by Crippen LogP contribution is 2.33. The number of amides is 2. The summed E-state index contributed by atoms with van der Waals surface area (Å²) < 4.78 is 5.57. The van der Waals surface area contributed by atoms with Gasteiger partial charge >= 0.3 is 5.69 Å².